The van der Waals surface area contributed by atoms with Gasteiger partial charge in [0.2, 0.25) is 5.91 Å². The highest BCUT2D eigenvalue weighted by molar-refractivity contribution is 6.31. The molecule has 4 heteroatoms. The van der Waals surface area contributed by atoms with Crippen LogP contribution >= 0.6 is 11.6 Å². The van der Waals surface area contributed by atoms with E-state index < -0.39 is 0 Å². The van der Waals surface area contributed by atoms with Gasteiger partial charge in [0.25, 0.3) is 0 Å². The lowest BCUT2D eigenvalue weighted by Gasteiger charge is -2.28. The van der Waals surface area contributed by atoms with Crippen LogP contribution in [0.15, 0.2) is 18.2 Å². The summed E-state index contributed by atoms with van der Waals surface area (Å²) in [5, 5.41) is 4.19. The Balaban J connectivity index is 1.65. The number of likely N-dealkylation sites (tertiary alicyclic amines) is 1. The van der Waals surface area contributed by atoms with Gasteiger partial charge in [0.05, 0.1) is 0 Å². The molecule has 1 amide bonds. The molecule has 0 bridgehead atoms. The molecule has 0 radical (unpaired) electrons. The summed E-state index contributed by atoms with van der Waals surface area (Å²) in [6, 6.07) is 6.46. The second-order valence-electron chi connectivity index (χ2n) is 8.41. The second kappa shape index (κ2) is 6.34. The maximum Gasteiger partial charge on any atom is 0.226 e. The quantitative estimate of drug-likeness (QED) is 0.866. The van der Waals surface area contributed by atoms with Crippen molar-refractivity contribution in [1.82, 2.24) is 10.2 Å². The number of rotatable bonds is 5. The molecule has 1 unspecified atom stereocenters. The highest BCUT2D eigenvalue weighted by Gasteiger charge is 2.50. The minimum absolute atomic E-state index is 0.0657. The normalized spacial score (nSPS) is 24.8. The number of halogens is 1. The zero-order valence-electron chi connectivity index (χ0n) is 15.3. The highest BCUT2D eigenvalue weighted by atomic mass is 35.5. The van der Waals surface area contributed by atoms with E-state index in [1.165, 1.54) is 5.56 Å². The summed E-state index contributed by atoms with van der Waals surface area (Å²) in [4.78, 5) is 15.0. The summed E-state index contributed by atoms with van der Waals surface area (Å²) in [5.74, 6) is 0.262. The van der Waals surface area contributed by atoms with E-state index in [-0.39, 0.29) is 22.8 Å². The predicted octanol–water partition coefficient (Wildman–Crippen LogP) is 4.17. The third-order valence-corrected chi connectivity index (χ3v) is 6.29. The molecule has 0 spiro atoms. The van der Waals surface area contributed by atoms with Crippen LogP contribution in [0.2, 0.25) is 5.02 Å². The van der Waals surface area contributed by atoms with Crippen LogP contribution in [0.4, 0.5) is 0 Å². The van der Waals surface area contributed by atoms with E-state index in [9.17, 15) is 4.79 Å². The fourth-order valence-corrected chi connectivity index (χ4v) is 4.14. The standard InChI is InChI=1S/C20H29ClN2O/c1-5-20(8-9-20)18(24)22-17-12-23(13-19(17,3)4)11-15-7-6-14(2)10-16(15)21/h6-7,10,17H,5,8-9,11-13H2,1-4H3,(H,22,24). The molecule has 24 heavy (non-hydrogen) atoms. The summed E-state index contributed by atoms with van der Waals surface area (Å²) in [6.07, 6.45) is 3.05. The molecule has 3 nitrogen and oxygen atoms in total. The summed E-state index contributed by atoms with van der Waals surface area (Å²) >= 11 is 6.39. The van der Waals surface area contributed by atoms with Crippen molar-refractivity contribution in [3.05, 3.63) is 34.3 Å². The van der Waals surface area contributed by atoms with Gasteiger partial charge in [-0.1, -0.05) is 44.5 Å². The Morgan fingerprint density at radius 2 is 2.08 bits per heavy atom. The molecule has 1 N–H and O–H groups in total. The smallest absolute Gasteiger partial charge is 0.226 e. The predicted molar refractivity (Wildman–Crippen MR) is 99.1 cm³/mol. The number of nitrogens with zero attached hydrogens (tertiary/aromatic N) is 1. The van der Waals surface area contributed by atoms with Crippen LogP contribution in [0.1, 0.15) is 51.2 Å². The molecule has 1 saturated carbocycles. The van der Waals surface area contributed by atoms with E-state index in [1.807, 2.05) is 6.07 Å². The number of nitrogens with one attached hydrogen (secondary N) is 1. The second-order valence-corrected chi connectivity index (χ2v) is 8.82. The van der Waals surface area contributed by atoms with Gasteiger partial charge >= 0.3 is 0 Å². The van der Waals surface area contributed by atoms with Crippen molar-refractivity contribution in [3.63, 3.8) is 0 Å². The van der Waals surface area contributed by atoms with Crippen molar-refractivity contribution in [2.24, 2.45) is 10.8 Å². The van der Waals surface area contributed by atoms with Crippen LogP contribution < -0.4 is 5.32 Å². The molecule has 3 rings (SSSR count). The Bertz CT molecular complexity index is 637. The first kappa shape index (κ1) is 17.8. The van der Waals surface area contributed by atoms with E-state index in [4.69, 9.17) is 11.6 Å². The number of benzene rings is 1. The summed E-state index contributed by atoms with van der Waals surface area (Å²) < 4.78 is 0. The van der Waals surface area contributed by atoms with Gasteiger partial charge in [0.15, 0.2) is 0 Å². The van der Waals surface area contributed by atoms with Gasteiger partial charge in [-0.25, -0.2) is 0 Å². The molecule has 2 aliphatic rings. The van der Waals surface area contributed by atoms with Crippen LogP contribution in [0.25, 0.3) is 0 Å². The first-order valence-electron chi connectivity index (χ1n) is 9.04. The number of hydrogen-bond acceptors (Lipinski definition) is 2. The summed E-state index contributed by atoms with van der Waals surface area (Å²) in [5.41, 5.74) is 2.36. The lowest BCUT2D eigenvalue weighted by atomic mass is 9.87. The Morgan fingerprint density at radius 3 is 2.67 bits per heavy atom. The van der Waals surface area contributed by atoms with E-state index in [0.717, 1.165) is 49.5 Å². The SMILES string of the molecule is CCC1(C(=O)NC2CN(Cc3ccc(C)cc3Cl)CC2(C)C)CC1. The van der Waals surface area contributed by atoms with Crippen molar-refractivity contribution < 1.29 is 4.79 Å². The third kappa shape index (κ3) is 3.48. The van der Waals surface area contributed by atoms with E-state index in [1.54, 1.807) is 0 Å². The lowest BCUT2D eigenvalue weighted by molar-refractivity contribution is -0.127. The topological polar surface area (TPSA) is 32.3 Å². The van der Waals surface area contributed by atoms with E-state index >= 15 is 0 Å². The average Bonchev–Trinajstić information content (AvgIpc) is 3.25. The van der Waals surface area contributed by atoms with Crippen LogP contribution in [0.5, 0.6) is 0 Å². The molecule has 1 aromatic rings. The fourth-order valence-electron chi connectivity index (χ4n) is 3.84. The molecule has 0 aromatic heterocycles. The van der Waals surface area contributed by atoms with Crippen LogP contribution in [0, 0.1) is 17.8 Å². The lowest BCUT2D eigenvalue weighted by Crippen LogP contribution is -2.47. The van der Waals surface area contributed by atoms with E-state index in [0.29, 0.717) is 0 Å². The number of hydrogen-bond donors (Lipinski definition) is 1. The third-order valence-electron chi connectivity index (χ3n) is 5.94. The van der Waals surface area contributed by atoms with Crippen molar-refractivity contribution in [3.8, 4) is 0 Å². The number of carbonyl (C=O) groups excluding carboxylic acids is 1. The average molecular weight is 349 g/mol. The number of aryl methyl sites for hydroxylation is 1. The van der Waals surface area contributed by atoms with Crippen LogP contribution in [-0.4, -0.2) is 29.9 Å². The van der Waals surface area contributed by atoms with Gasteiger partial charge in [0, 0.05) is 36.1 Å². The largest absolute Gasteiger partial charge is 0.351 e. The first-order valence-corrected chi connectivity index (χ1v) is 9.42. The van der Waals surface area contributed by atoms with Crippen LogP contribution in [-0.2, 0) is 11.3 Å². The van der Waals surface area contributed by atoms with Gasteiger partial charge in [-0.3, -0.25) is 9.69 Å². The molecule has 2 fully saturated rings. The Hall–Kier alpha value is -1.06. The molecular weight excluding hydrogens is 320 g/mol. The van der Waals surface area contributed by atoms with Gasteiger partial charge in [-0.05, 0) is 48.8 Å². The zero-order chi connectivity index (χ0) is 17.5. The van der Waals surface area contributed by atoms with Gasteiger partial charge in [-0.2, -0.15) is 0 Å². The zero-order valence-corrected chi connectivity index (χ0v) is 16.0. The highest BCUT2D eigenvalue weighted by Crippen LogP contribution is 2.49. The maximum atomic E-state index is 12.6. The van der Waals surface area contributed by atoms with Gasteiger partial charge in [-0.15, -0.1) is 0 Å². The number of carbonyl (C=O) groups is 1. The Morgan fingerprint density at radius 1 is 1.38 bits per heavy atom. The molecule has 1 aliphatic carbocycles. The molecule has 1 aliphatic heterocycles. The fraction of sp³-hybridized carbons (Fsp3) is 0.650. The minimum Gasteiger partial charge on any atom is -0.351 e. The Kier molecular flexibility index (Phi) is 4.69. The molecular formula is C20H29ClN2O. The molecule has 1 atom stereocenters. The Labute approximate surface area is 150 Å². The van der Waals surface area contributed by atoms with Crippen molar-refractivity contribution >= 4 is 17.5 Å². The number of amides is 1. The minimum atomic E-state index is -0.0657. The van der Waals surface area contributed by atoms with Crippen LogP contribution in [0.3, 0.4) is 0 Å². The molecule has 1 saturated heterocycles. The summed E-state index contributed by atoms with van der Waals surface area (Å²) in [6.45, 7) is 11.4. The monoisotopic (exact) mass is 348 g/mol. The van der Waals surface area contributed by atoms with Crippen molar-refractivity contribution in [2.45, 2.75) is 59.5 Å². The maximum absolute atomic E-state index is 12.6. The molecule has 1 aromatic carbocycles. The molecule has 132 valence electrons. The summed E-state index contributed by atoms with van der Waals surface area (Å²) in [7, 11) is 0. The van der Waals surface area contributed by atoms with Crippen molar-refractivity contribution in [1.29, 1.82) is 0 Å². The van der Waals surface area contributed by atoms with Gasteiger partial charge in [0.1, 0.15) is 0 Å². The molecule has 1 heterocycles. The van der Waals surface area contributed by atoms with E-state index in [2.05, 4.69) is 50.0 Å². The van der Waals surface area contributed by atoms with Crippen molar-refractivity contribution in [2.75, 3.05) is 13.1 Å². The van der Waals surface area contributed by atoms with Gasteiger partial charge < -0.3 is 5.32 Å². The first-order chi connectivity index (χ1) is 11.3.